The SMILES string of the molecule is c1ccc2cc(-c3ccc(-c4nc5ccccc5nc4-c4ccc5sc6ccccc6c5c4)cc3)ccc2c1. The van der Waals surface area contributed by atoms with Gasteiger partial charge in [-0.15, -0.1) is 11.3 Å². The minimum absolute atomic E-state index is 0.900. The molecule has 0 aliphatic heterocycles. The Morgan fingerprint density at radius 2 is 0.974 bits per heavy atom. The van der Waals surface area contributed by atoms with Gasteiger partial charge >= 0.3 is 0 Å². The maximum atomic E-state index is 5.15. The van der Waals surface area contributed by atoms with Crippen LogP contribution >= 0.6 is 11.3 Å². The van der Waals surface area contributed by atoms with Gasteiger partial charge in [-0.05, 0) is 58.3 Å². The second-order valence-electron chi connectivity index (χ2n) is 9.86. The second-order valence-corrected chi connectivity index (χ2v) is 10.9. The van der Waals surface area contributed by atoms with E-state index in [0.717, 1.165) is 33.5 Å². The van der Waals surface area contributed by atoms with Gasteiger partial charge in [-0.1, -0.05) is 97.1 Å². The smallest absolute Gasteiger partial charge is 0.0973 e. The molecular formula is C36H22N2S. The lowest BCUT2D eigenvalue weighted by atomic mass is 9.98. The molecule has 2 nitrogen and oxygen atoms in total. The predicted octanol–water partition coefficient (Wildman–Crippen LogP) is 10.2. The van der Waals surface area contributed by atoms with Crippen LogP contribution in [-0.4, -0.2) is 9.97 Å². The van der Waals surface area contributed by atoms with Crippen molar-refractivity contribution >= 4 is 53.3 Å². The molecule has 39 heavy (non-hydrogen) atoms. The highest BCUT2D eigenvalue weighted by Crippen LogP contribution is 2.38. The monoisotopic (exact) mass is 514 g/mol. The number of para-hydroxylation sites is 2. The van der Waals surface area contributed by atoms with Gasteiger partial charge in [-0.2, -0.15) is 0 Å². The number of thiophene rings is 1. The standard InChI is InChI=1S/C36H22N2S/c1-2-8-26-21-27(18-15-23(26)7-1)24-13-16-25(17-14-24)35-36(38-32-11-5-4-10-31(32)37-35)28-19-20-34-30(22-28)29-9-3-6-12-33(29)39-34/h1-22H. The van der Waals surface area contributed by atoms with Crippen molar-refractivity contribution in [1.82, 2.24) is 9.97 Å². The lowest BCUT2D eigenvalue weighted by Gasteiger charge is -2.12. The zero-order valence-corrected chi connectivity index (χ0v) is 21.8. The third-order valence-electron chi connectivity index (χ3n) is 7.46. The zero-order valence-electron chi connectivity index (χ0n) is 21.0. The molecule has 0 unspecified atom stereocenters. The van der Waals surface area contributed by atoms with E-state index in [9.17, 15) is 0 Å². The number of aromatic nitrogens is 2. The third-order valence-corrected chi connectivity index (χ3v) is 8.61. The fourth-order valence-corrected chi connectivity index (χ4v) is 6.55. The lowest BCUT2D eigenvalue weighted by Crippen LogP contribution is -1.95. The average Bonchev–Trinajstić information content (AvgIpc) is 3.38. The highest BCUT2D eigenvalue weighted by atomic mass is 32.1. The van der Waals surface area contributed by atoms with E-state index in [1.165, 1.54) is 42.1 Å². The summed E-state index contributed by atoms with van der Waals surface area (Å²) in [4.78, 5) is 10.3. The summed E-state index contributed by atoms with van der Waals surface area (Å²) in [5.41, 5.74) is 8.14. The lowest BCUT2D eigenvalue weighted by molar-refractivity contribution is 1.29. The minimum Gasteiger partial charge on any atom is -0.244 e. The average molecular weight is 515 g/mol. The summed E-state index contributed by atoms with van der Waals surface area (Å²) in [6.07, 6.45) is 0. The molecule has 6 aromatic carbocycles. The number of nitrogens with zero attached hydrogens (tertiary/aromatic N) is 2. The fourth-order valence-electron chi connectivity index (χ4n) is 5.47. The van der Waals surface area contributed by atoms with Crippen LogP contribution in [-0.2, 0) is 0 Å². The first kappa shape index (κ1) is 22.2. The maximum Gasteiger partial charge on any atom is 0.0973 e. The van der Waals surface area contributed by atoms with E-state index < -0.39 is 0 Å². The summed E-state index contributed by atoms with van der Waals surface area (Å²) >= 11 is 1.83. The Morgan fingerprint density at radius 3 is 1.79 bits per heavy atom. The van der Waals surface area contributed by atoms with Crippen molar-refractivity contribution in [1.29, 1.82) is 0 Å². The molecule has 0 fully saturated rings. The molecular weight excluding hydrogens is 492 g/mol. The highest BCUT2D eigenvalue weighted by Gasteiger charge is 2.15. The van der Waals surface area contributed by atoms with Crippen LogP contribution in [0.2, 0.25) is 0 Å². The van der Waals surface area contributed by atoms with Crippen LogP contribution in [0.15, 0.2) is 133 Å². The van der Waals surface area contributed by atoms with Gasteiger partial charge in [-0.25, -0.2) is 9.97 Å². The topological polar surface area (TPSA) is 25.8 Å². The molecule has 0 N–H and O–H groups in total. The Balaban J connectivity index is 1.28. The van der Waals surface area contributed by atoms with Gasteiger partial charge < -0.3 is 0 Å². The number of benzene rings is 6. The van der Waals surface area contributed by atoms with E-state index in [1.807, 2.05) is 35.6 Å². The van der Waals surface area contributed by atoms with E-state index in [0.29, 0.717) is 0 Å². The highest BCUT2D eigenvalue weighted by molar-refractivity contribution is 7.25. The zero-order chi connectivity index (χ0) is 25.8. The van der Waals surface area contributed by atoms with Crippen LogP contribution in [0.1, 0.15) is 0 Å². The number of fused-ring (bicyclic) bond motifs is 5. The largest absolute Gasteiger partial charge is 0.244 e. The van der Waals surface area contributed by atoms with Crippen molar-refractivity contribution < 1.29 is 0 Å². The van der Waals surface area contributed by atoms with E-state index in [1.54, 1.807) is 0 Å². The van der Waals surface area contributed by atoms with Crippen LogP contribution < -0.4 is 0 Å². The van der Waals surface area contributed by atoms with Crippen molar-refractivity contribution in [2.75, 3.05) is 0 Å². The molecule has 0 aliphatic carbocycles. The number of rotatable bonds is 3. The van der Waals surface area contributed by atoms with Gasteiger partial charge in [0.05, 0.1) is 22.4 Å². The summed E-state index contributed by atoms with van der Waals surface area (Å²) in [7, 11) is 0. The van der Waals surface area contributed by atoms with Gasteiger partial charge in [0.15, 0.2) is 0 Å². The van der Waals surface area contributed by atoms with Crippen molar-refractivity contribution in [2.45, 2.75) is 0 Å². The summed E-state index contributed by atoms with van der Waals surface area (Å²) < 4.78 is 2.59. The molecule has 0 spiro atoms. The van der Waals surface area contributed by atoms with Gasteiger partial charge in [0.25, 0.3) is 0 Å². The molecule has 2 aromatic heterocycles. The van der Waals surface area contributed by atoms with Gasteiger partial charge in [0.2, 0.25) is 0 Å². The Bertz CT molecular complexity index is 2170. The summed E-state index contributed by atoms with van der Waals surface area (Å²) in [5, 5.41) is 5.05. The molecule has 0 amide bonds. The molecule has 0 bridgehead atoms. The summed E-state index contributed by atoms with van der Waals surface area (Å²) in [5.74, 6) is 0. The van der Waals surface area contributed by atoms with Crippen molar-refractivity contribution in [2.24, 2.45) is 0 Å². The minimum atomic E-state index is 0.900. The summed E-state index contributed by atoms with van der Waals surface area (Å²) in [6.45, 7) is 0. The molecule has 3 heteroatoms. The number of hydrogen-bond acceptors (Lipinski definition) is 3. The van der Waals surface area contributed by atoms with Crippen LogP contribution in [0.5, 0.6) is 0 Å². The first-order valence-electron chi connectivity index (χ1n) is 13.1. The van der Waals surface area contributed by atoms with Crippen LogP contribution in [0.3, 0.4) is 0 Å². The normalized spacial score (nSPS) is 11.6. The van der Waals surface area contributed by atoms with Crippen molar-refractivity contribution in [3.63, 3.8) is 0 Å². The second kappa shape index (κ2) is 8.87. The van der Waals surface area contributed by atoms with E-state index in [2.05, 4.69) is 109 Å². The molecule has 0 saturated heterocycles. The fraction of sp³-hybridized carbons (Fsp3) is 0. The van der Waals surface area contributed by atoms with E-state index in [-0.39, 0.29) is 0 Å². The Kier molecular flexibility index (Phi) is 5.04. The quantitative estimate of drug-likeness (QED) is 0.234. The molecule has 0 aliphatic rings. The van der Waals surface area contributed by atoms with E-state index in [4.69, 9.17) is 9.97 Å². The molecule has 0 radical (unpaired) electrons. The molecule has 0 saturated carbocycles. The van der Waals surface area contributed by atoms with Gasteiger partial charge in [0, 0.05) is 31.3 Å². The first-order valence-corrected chi connectivity index (χ1v) is 13.9. The predicted molar refractivity (Wildman–Crippen MR) is 166 cm³/mol. The van der Waals surface area contributed by atoms with Crippen molar-refractivity contribution in [3.8, 4) is 33.6 Å². The molecule has 182 valence electrons. The third kappa shape index (κ3) is 3.79. The number of hydrogen-bond donors (Lipinski definition) is 0. The molecule has 8 rings (SSSR count). The van der Waals surface area contributed by atoms with Crippen LogP contribution in [0.4, 0.5) is 0 Å². The van der Waals surface area contributed by atoms with Crippen molar-refractivity contribution in [3.05, 3.63) is 133 Å². The van der Waals surface area contributed by atoms with E-state index >= 15 is 0 Å². The Labute approximate surface area is 229 Å². The maximum absolute atomic E-state index is 5.15. The van der Waals surface area contributed by atoms with Crippen LogP contribution in [0.25, 0.3) is 75.6 Å². The first-order chi connectivity index (χ1) is 19.3. The molecule has 0 atom stereocenters. The molecule has 8 aromatic rings. The molecule has 2 heterocycles. The Morgan fingerprint density at radius 1 is 0.385 bits per heavy atom. The van der Waals surface area contributed by atoms with Crippen LogP contribution in [0, 0.1) is 0 Å². The Hall–Kier alpha value is -4.86. The van der Waals surface area contributed by atoms with Gasteiger partial charge in [0.1, 0.15) is 0 Å². The van der Waals surface area contributed by atoms with Gasteiger partial charge in [-0.3, -0.25) is 0 Å². The summed E-state index contributed by atoms with van der Waals surface area (Å²) in [6, 6.07) is 47.3.